The van der Waals surface area contributed by atoms with Crippen LogP contribution in [0.25, 0.3) is 0 Å². The van der Waals surface area contributed by atoms with Crippen LogP contribution >= 0.6 is 0 Å². The van der Waals surface area contributed by atoms with Crippen molar-refractivity contribution < 1.29 is 0 Å². The molecule has 0 spiro atoms. The standard InChI is InChI=1S/C10H19N/c1-8(2)4-5-9(11)10(3)6-7-10/h9H,1,4-7,11H2,2-3H3. The lowest BCUT2D eigenvalue weighted by Gasteiger charge is -2.18. The fourth-order valence-electron chi connectivity index (χ4n) is 1.32. The molecule has 1 aliphatic carbocycles. The fourth-order valence-corrected chi connectivity index (χ4v) is 1.32. The van der Waals surface area contributed by atoms with Crippen LogP contribution in [0.3, 0.4) is 0 Å². The van der Waals surface area contributed by atoms with E-state index in [0.717, 1.165) is 12.8 Å². The van der Waals surface area contributed by atoms with Gasteiger partial charge in [0, 0.05) is 6.04 Å². The molecule has 0 aromatic rings. The summed E-state index contributed by atoms with van der Waals surface area (Å²) in [5.74, 6) is 0. The summed E-state index contributed by atoms with van der Waals surface area (Å²) in [6.07, 6.45) is 4.86. The van der Waals surface area contributed by atoms with Gasteiger partial charge in [-0.05, 0) is 38.0 Å². The second-order valence-electron chi connectivity index (χ2n) is 4.26. The van der Waals surface area contributed by atoms with E-state index in [1.807, 2.05) is 0 Å². The Morgan fingerprint density at radius 1 is 1.64 bits per heavy atom. The molecule has 64 valence electrons. The summed E-state index contributed by atoms with van der Waals surface area (Å²) in [6, 6.07) is 0.402. The molecule has 0 heterocycles. The Balaban J connectivity index is 2.21. The van der Waals surface area contributed by atoms with Crippen molar-refractivity contribution in [3.63, 3.8) is 0 Å². The maximum atomic E-state index is 6.02. The lowest BCUT2D eigenvalue weighted by molar-refractivity contribution is 0.412. The Hall–Kier alpha value is -0.300. The molecule has 1 heteroatoms. The molecule has 11 heavy (non-hydrogen) atoms. The van der Waals surface area contributed by atoms with Crippen LogP contribution in [0.2, 0.25) is 0 Å². The summed E-state index contributed by atoms with van der Waals surface area (Å²) < 4.78 is 0. The molecule has 1 unspecified atom stereocenters. The smallest absolute Gasteiger partial charge is 0.00959 e. The second-order valence-corrected chi connectivity index (χ2v) is 4.26. The van der Waals surface area contributed by atoms with Gasteiger partial charge in [-0.15, -0.1) is 6.58 Å². The van der Waals surface area contributed by atoms with E-state index in [2.05, 4.69) is 20.4 Å². The maximum absolute atomic E-state index is 6.02. The van der Waals surface area contributed by atoms with E-state index in [9.17, 15) is 0 Å². The highest BCUT2D eigenvalue weighted by Gasteiger charge is 2.42. The zero-order valence-electron chi connectivity index (χ0n) is 7.69. The third-order valence-corrected chi connectivity index (χ3v) is 2.82. The molecule has 1 rings (SSSR count). The molecule has 0 radical (unpaired) electrons. The predicted molar refractivity (Wildman–Crippen MR) is 49.4 cm³/mol. The first-order chi connectivity index (χ1) is 5.04. The van der Waals surface area contributed by atoms with Crippen LogP contribution in [0, 0.1) is 5.41 Å². The van der Waals surface area contributed by atoms with Gasteiger partial charge in [-0.3, -0.25) is 0 Å². The van der Waals surface area contributed by atoms with Gasteiger partial charge >= 0.3 is 0 Å². The van der Waals surface area contributed by atoms with Crippen molar-refractivity contribution in [1.82, 2.24) is 0 Å². The average molecular weight is 153 g/mol. The third kappa shape index (κ3) is 2.33. The molecule has 1 aliphatic rings. The Morgan fingerprint density at radius 3 is 2.55 bits per heavy atom. The van der Waals surface area contributed by atoms with E-state index in [4.69, 9.17) is 5.73 Å². The molecule has 1 atom stereocenters. The third-order valence-electron chi connectivity index (χ3n) is 2.82. The van der Waals surface area contributed by atoms with E-state index < -0.39 is 0 Å². The molecule has 2 N–H and O–H groups in total. The van der Waals surface area contributed by atoms with E-state index in [-0.39, 0.29) is 0 Å². The minimum atomic E-state index is 0.402. The van der Waals surface area contributed by atoms with E-state index >= 15 is 0 Å². The Morgan fingerprint density at radius 2 is 2.18 bits per heavy atom. The quantitative estimate of drug-likeness (QED) is 0.617. The van der Waals surface area contributed by atoms with Crippen LogP contribution in [0.4, 0.5) is 0 Å². The minimum Gasteiger partial charge on any atom is -0.327 e. The van der Waals surface area contributed by atoms with Crippen molar-refractivity contribution in [1.29, 1.82) is 0 Å². The lowest BCUT2D eigenvalue weighted by Crippen LogP contribution is -2.29. The molecule has 0 bridgehead atoms. The summed E-state index contributed by atoms with van der Waals surface area (Å²) >= 11 is 0. The van der Waals surface area contributed by atoms with Gasteiger partial charge < -0.3 is 5.73 Å². The minimum absolute atomic E-state index is 0.402. The maximum Gasteiger partial charge on any atom is 0.00959 e. The number of rotatable bonds is 4. The molecule has 0 aromatic carbocycles. The van der Waals surface area contributed by atoms with Crippen LogP contribution < -0.4 is 5.73 Å². The second kappa shape index (κ2) is 2.98. The fraction of sp³-hybridized carbons (Fsp3) is 0.800. The molecule has 0 saturated heterocycles. The Kier molecular flexibility index (Phi) is 2.38. The van der Waals surface area contributed by atoms with Crippen molar-refractivity contribution in [2.45, 2.75) is 45.6 Å². The largest absolute Gasteiger partial charge is 0.327 e. The van der Waals surface area contributed by atoms with Crippen LogP contribution in [-0.2, 0) is 0 Å². The Labute approximate surface area is 69.7 Å². The summed E-state index contributed by atoms with van der Waals surface area (Å²) in [7, 11) is 0. The van der Waals surface area contributed by atoms with Crippen molar-refractivity contribution >= 4 is 0 Å². The van der Waals surface area contributed by atoms with E-state index in [1.165, 1.54) is 18.4 Å². The first-order valence-electron chi connectivity index (χ1n) is 4.44. The van der Waals surface area contributed by atoms with Crippen molar-refractivity contribution in [2.24, 2.45) is 11.1 Å². The predicted octanol–water partition coefficient (Wildman–Crippen LogP) is 2.47. The monoisotopic (exact) mass is 153 g/mol. The van der Waals surface area contributed by atoms with Gasteiger partial charge in [0.1, 0.15) is 0 Å². The van der Waals surface area contributed by atoms with Crippen molar-refractivity contribution in [3.8, 4) is 0 Å². The molecule has 1 nitrogen and oxygen atoms in total. The molecule has 0 aliphatic heterocycles. The number of hydrogen-bond acceptors (Lipinski definition) is 1. The van der Waals surface area contributed by atoms with Crippen LogP contribution in [-0.4, -0.2) is 6.04 Å². The molecule has 1 fully saturated rings. The first kappa shape index (κ1) is 8.79. The Bertz CT molecular complexity index is 156. The summed E-state index contributed by atoms with van der Waals surface area (Å²) in [6.45, 7) is 8.23. The first-order valence-corrected chi connectivity index (χ1v) is 4.44. The normalized spacial score (nSPS) is 22.8. The van der Waals surface area contributed by atoms with E-state index in [1.54, 1.807) is 0 Å². The van der Waals surface area contributed by atoms with Crippen LogP contribution in [0.1, 0.15) is 39.5 Å². The van der Waals surface area contributed by atoms with Gasteiger partial charge in [0.05, 0.1) is 0 Å². The number of nitrogens with two attached hydrogens (primary N) is 1. The van der Waals surface area contributed by atoms with Gasteiger partial charge in [-0.25, -0.2) is 0 Å². The SMILES string of the molecule is C=C(C)CCC(N)C1(C)CC1. The molecular formula is C10H19N. The van der Waals surface area contributed by atoms with Gasteiger partial charge in [0.15, 0.2) is 0 Å². The topological polar surface area (TPSA) is 26.0 Å². The molecule has 0 amide bonds. The van der Waals surface area contributed by atoms with Crippen molar-refractivity contribution in [2.75, 3.05) is 0 Å². The van der Waals surface area contributed by atoms with Gasteiger partial charge in [-0.1, -0.05) is 12.5 Å². The molecule has 1 saturated carbocycles. The summed E-state index contributed by atoms with van der Waals surface area (Å²) in [5, 5.41) is 0. The summed E-state index contributed by atoms with van der Waals surface area (Å²) in [4.78, 5) is 0. The zero-order chi connectivity index (χ0) is 8.48. The number of allylic oxidation sites excluding steroid dienone is 1. The highest BCUT2D eigenvalue weighted by molar-refractivity contribution is 4.99. The van der Waals surface area contributed by atoms with Crippen LogP contribution in [0.15, 0.2) is 12.2 Å². The van der Waals surface area contributed by atoms with Gasteiger partial charge in [-0.2, -0.15) is 0 Å². The molecular weight excluding hydrogens is 134 g/mol. The number of hydrogen-bond donors (Lipinski definition) is 1. The average Bonchev–Trinajstić information content (AvgIpc) is 2.64. The highest BCUT2D eigenvalue weighted by atomic mass is 14.7. The van der Waals surface area contributed by atoms with Crippen LogP contribution in [0.5, 0.6) is 0 Å². The zero-order valence-corrected chi connectivity index (χ0v) is 7.69. The summed E-state index contributed by atoms with van der Waals surface area (Å²) in [5.41, 5.74) is 7.76. The molecule has 0 aromatic heterocycles. The van der Waals surface area contributed by atoms with Crippen molar-refractivity contribution in [3.05, 3.63) is 12.2 Å². The highest BCUT2D eigenvalue weighted by Crippen LogP contribution is 2.48. The van der Waals surface area contributed by atoms with Gasteiger partial charge in [0.2, 0.25) is 0 Å². The lowest BCUT2D eigenvalue weighted by atomic mass is 9.94. The van der Waals surface area contributed by atoms with Gasteiger partial charge in [0.25, 0.3) is 0 Å². The van der Waals surface area contributed by atoms with E-state index in [0.29, 0.717) is 11.5 Å².